The zero-order valence-corrected chi connectivity index (χ0v) is 60.5. The molecule has 0 radical (unpaired) electrons. The van der Waals surface area contributed by atoms with Crippen LogP contribution in [-0.4, -0.2) is 228 Å². The molecular formula is C68H141ClO18. The molecule has 0 saturated carbocycles. The fraction of sp³-hybridized carbons (Fsp3) is 1.00. The Morgan fingerprint density at radius 2 is 0.529 bits per heavy atom. The molecule has 0 heterocycles. The van der Waals surface area contributed by atoms with E-state index in [0.29, 0.717) is 63.8 Å². The molecule has 8 N–H and O–H groups in total. The average molecular weight is 1280 g/mol. The van der Waals surface area contributed by atoms with Crippen LogP contribution in [-0.2, 0) is 47.4 Å². The molecule has 0 aliphatic rings. The molecule has 0 aromatic carbocycles. The molecule has 0 rings (SSSR count). The number of halogens is 1. The average Bonchev–Trinajstić information content (AvgIpc) is 3.31. The van der Waals surface area contributed by atoms with Gasteiger partial charge in [0.15, 0.2) is 0 Å². The van der Waals surface area contributed by atoms with Gasteiger partial charge in [-0.15, -0.1) is 11.6 Å². The molecule has 7 atom stereocenters. The molecule has 0 aromatic heterocycles. The van der Waals surface area contributed by atoms with Crippen LogP contribution in [0.15, 0.2) is 0 Å². The van der Waals surface area contributed by atoms with Gasteiger partial charge in [-0.2, -0.15) is 0 Å². The smallest absolute Gasteiger partial charge is 0.108 e. The first-order valence-electron chi connectivity index (χ1n) is 32.9. The summed E-state index contributed by atoms with van der Waals surface area (Å²) in [4.78, 5) is 0. The second-order valence-corrected chi connectivity index (χ2v) is 30.2. The summed E-state index contributed by atoms with van der Waals surface area (Å²) < 4.78 is 61.1. The van der Waals surface area contributed by atoms with Gasteiger partial charge in [-0.3, -0.25) is 0 Å². The number of rotatable bonds is 54. The molecule has 0 amide bonds. The van der Waals surface area contributed by atoms with Gasteiger partial charge in [0.1, 0.15) is 22.9 Å². The van der Waals surface area contributed by atoms with Crippen LogP contribution in [0.2, 0.25) is 0 Å². The highest BCUT2D eigenvalue weighted by molar-refractivity contribution is 6.18. The lowest BCUT2D eigenvalue weighted by atomic mass is 9.85. The molecule has 87 heavy (non-hydrogen) atoms. The molecule has 7 unspecified atom stereocenters. The van der Waals surface area contributed by atoms with Gasteiger partial charge in [0.25, 0.3) is 0 Å². The summed E-state index contributed by atoms with van der Waals surface area (Å²) in [5.74, 6) is 1.32. The maximum absolute atomic E-state index is 10.1. The van der Waals surface area contributed by atoms with Gasteiger partial charge in [0, 0.05) is 34.1 Å². The molecule has 19 heteroatoms. The van der Waals surface area contributed by atoms with E-state index in [4.69, 9.17) is 64.1 Å². The third-order valence-corrected chi connectivity index (χ3v) is 18.2. The molecule has 0 fully saturated rings. The fourth-order valence-corrected chi connectivity index (χ4v) is 7.57. The van der Waals surface area contributed by atoms with Gasteiger partial charge >= 0.3 is 0 Å². The summed E-state index contributed by atoms with van der Waals surface area (Å²) in [5.41, 5.74) is -5.21. The van der Waals surface area contributed by atoms with Gasteiger partial charge in [-0.1, -0.05) is 131 Å². The molecule has 18 nitrogen and oxygen atoms in total. The summed E-state index contributed by atoms with van der Waals surface area (Å²) in [6.45, 7) is 49.1. The zero-order valence-electron chi connectivity index (χ0n) is 59.7. The topological polar surface area (TPSA) is 254 Å². The Labute approximate surface area is 537 Å². The Hall–Kier alpha value is -0.430. The van der Waals surface area contributed by atoms with Crippen molar-refractivity contribution in [1.82, 2.24) is 0 Å². The third kappa shape index (κ3) is 43.2. The van der Waals surface area contributed by atoms with Gasteiger partial charge in [-0.05, 0) is 99.7 Å². The van der Waals surface area contributed by atoms with Crippen LogP contribution in [0.3, 0.4) is 0 Å². The predicted octanol–water partition coefficient (Wildman–Crippen LogP) is 10.3. The molecule has 0 aliphatic heterocycles. The highest BCUT2D eigenvalue weighted by Crippen LogP contribution is 2.33. The third-order valence-electron chi connectivity index (χ3n) is 17.4. The first kappa shape index (κ1) is 90.8. The number of hydrogen-bond donors (Lipinski definition) is 8. The predicted molar refractivity (Wildman–Crippen MR) is 352 cm³/mol. The molecule has 0 aliphatic carbocycles. The van der Waals surface area contributed by atoms with E-state index in [0.717, 1.165) is 77.3 Å². The van der Waals surface area contributed by atoms with E-state index >= 15 is 0 Å². The maximum Gasteiger partial charge on any atom is 0.108 e. The van der Waals surface area contributed by atoms with Gasteiger partial charge in [0.2, 0.25) is 0 Å². The van der Waals surface area contributed by atoms with Crippen LogP contribution in [0, 0.1) is 49.2 Å². The second kappa shape index (κ2) is 45.8. The normalized spacial score (nSPS) is 17.7. The van der Waals surface area contributed by atoms with Crippen LogP contribution in [0.25, 0.3) is 0 Å². The lowest BCUT2D eigenvalue weighted by Gasteiger charge is -2.38. The van der Waals surface area contributed by atoms with Crippen molar-refractivity contribution >= 4 is 11.6 Å². The van der Waals surface area contributed by atoms with Crippen molar-refractivity contribution in [3.05, 3.63) is 0 Å². The molecule has 528 valence electrons. The van der Waals surface area contributed by atoms with Gasteiger partial charge < -0.3 is 88.2 Å². The van der Waals surface area contributed by atoms with Crippen LogP contribution >= 0.6 is 11.6 Å². The summed E-state index contributed by atoms with van der Waals surface area (Å²) >= 11 is 5.59. The molecule has 0 spiro atoms. The quantitative estimate of drug-likeness (QED) is 0.0264. The Balaban J connectivity index is -0.00000146. The van der Waals surface area contributed by atoms with Crippen molar-refractivity contribution in [1.29, 1.82) is 0 Å². The number of ether oxygens (including phenoxy) is 10. The summed E-state index contributed by atoms with van der Waals surface area (Å²) in [7, 11) is 0. The minimum Gasteiger partial charge on any atom is -0.394 e. The monoisotopic (exact) mass is 1280 g/mol. The molecule has 0 aromatic rings. The number of aliphatic hydroxyl groups is 8. The van der Waals surface area contributed by atoms with Gasteiger partial charge in [-0.25, -0.2) is 0 Å². The number of hydrogen-bond acceptors (Lipinski definition) is 18. The standard InChI is InChI=1S/C35H72O5.C27H56O13.C6H13Cl/c1-14-30(7)20-36-24-34(18-5,25-37-21-31(8,9)15-2)28-40-29-35(19-6,26-38-22-32(10,11)16-3)27-39-23-33(12,13)17-4;1-6-26(16-36-9-22(32)8-28,17-37-13-23(3,33)10-29)20-40-21-27(7-2,18-38-14-24(4,34)11-30)19-39-15-25(5,35)12-31;1-4-6(2,3)5-7/h30H,14-29H2,1-13H3;22,28-35H,6-21H2,1-5H3;4-5H2,1-3H3. The van der Waals surface area contributed by atoms with E-state index in [9.17, 15) is 35.7 Å². The van der Waals surface area contributed by atoms with Crippen molar-refractivity contribution in [3.63, 3.8) is 0 Å². The molecule has 0 saturated heterocycles. The lowest BCUT2D eigenvalue weighted by Crippen LogP contribution is -2.45. The summed E-state index contributed by atoms with van der Waals surface area (Å²) in [6.07, 6.45) is 7.48. The lowest BCUT2D eigenvalue weighted by molar-refractivity contribution is -0.146. The zero-order chi connectivity index (χ0) is 67.8. The highest BCUT2D eigenvalue weighted by atomic mass is 35.5. The van der Waals surface area contributed by atoms with E-state index in [2.05, 4.69) is 111 Å². The van der Waals surface area contributed by atoms with Crippen molar-refractivity contribution in [2.75, 3.05) is 164 Å². The Bertz CT molecular complexity index is 1470. The number of aliphatic hydroxyl groups excluding tert-OH is 5. The van der Waals surface area contributed by atoms with Crippen LogP contribution in [0.4, 0.5) is 0 Å². The van der Waals surface area contributed by atoms with Crippen LogP contribution < -0.4 is 0 Å². The highest BCUT2D eigenvalue weighted by Gasteiger charge is 2.38. The largest absolute Gasteiger partial charge is 0.394 e. The van der Waals surface area contributed by atoms with Crippen molar-refractivity contribution in [3.8, 4) is 0 Å². The minimum absolute atomic E-state index is 0.0945. The van der Waals surface area contributed by atoms with E-state index in [1.807, 2.05) is 13.8 Å². The molecule has 0 bridgehead atoms. The van der Waals surface area contributed by atoms with E-state index < -0.39 is 60.2 Å². The Morgan fingerprint density at radius 1 is 0.310 bits per heavy atom. The molecular weight excluding hydrogens is 1140 g/mol. The van der Waals surface area contributed by atoms with Crippen LogP contribution in [0.5, 0.6) is 0 Å². The maximum atomic E-state index is 10.1. The number of alkyl halides is 1. The Morgan fingerprint density at radius 3 is 0.713 bits per heavy atom. The van der Waals surface area contributed by atoms with Crippen molar-refractivity contribution in [2.45, 2.75) is 226 Å². The second-order valence-electron chi connectivity index (χ2n) is 29.9. The van der Waals surface area contributed by atoms with Crippen molar-refractivity contribution < 1.29 is 88.2 Å². The SMILES string of the molecule is CCC(C)(C)CCl.CCC(C)COCC(CC)(COCC(C)(C)CC)COCC(CC)(COCC(C)(C)CC)COCC(C)(C)CC.CCC(COCC(O)CO)(COCC(C)(O)CO)COCC(CC)(COCC(C)(O)CO)COCC(C)(O)CO. The van der Waals surface area contributed by atoms with E-state index in [-0.39, 0.29) is 93.1 Å². The van der Waals surface area contributed by atoms with Crippen LogP contribution in [0.1, 0.15) is 203 Å². The minimum atomic E-state index is -1.43. The summed E-state index contributed by atoms with van der Waals surface area (Å²) in [5, 5.41) is 77.1. The van der Waals surface area contributed by atoms with E-state index in [1.54, 1.807) is 0 Å². The van der Waals surface area contributed by atoms with Crippen molar-refractivity contribution in [2.24, 2.45) is 49.2 Å². The Kier molecular flexibility index (Phi) is 47.8. The first-order chi connectivity index (χ1) is 40.3. The van der Waals surface area contributed by atoms with E-state index in [1.165, 1.54) is 20.8 Å². The summed E-state index contributed by atoms with van der Waals surface area (Å²) in [6, 6.07) is 0. The first-order valence-corrected chi connectivity index (χ1v) is 33.5. The fourth-order valence-electron chi connectivity index (χ4n) is 7.38. The van der Waals surface area contributed by atoms with Gasteiger partial charge in [0.05, 0.1) is 152 Å².